The second-order valence-corrected chi connectivity index (χ2v) is 3.28. The van der Waals surface area contributed by atoms with E-state index in [1.165, 1.54) is 13.3 Å². The fourth-order valence-electron chi connectivity index (χ4n) is 1.06. The predicted molar refractivity (Wildman–Crippen MR) is 52.9 cm³/mol. The Kier molecular flexibility index (Phi) is 3.85. The van der Waals surface area contributed by atoms with Crippen molar-refractivity contribution >= 4 is 17.6 Å². The van der Waals surface area contributed by atoms with Crippen molar-refractivity contribution < 1.29 is 9.53 Å². The van der Waals surface area contributed by atoms with E-state index in [1.807, 2.05) is 0 Å². The number of pyridine rings is 1. The number of carbonyl (C=O) groups is 1. The Morgan fingerprint density at radius 2 is 2.43 bits per heavy atom. The highest BCUT2D eigenvalue weighted by Gasteiger charge is 2.14. The molecule has 0 aliphatic carbocycles. The molecule has 14 heavy (non-hydrogen) atoms. The second-order valence-electron chi connectivity index (χ2n) is 2.85. The summed E-state index contributed by atoms with van der Waals surface area (Å²) < 4.78 is 4.50. The first kappa shape index (κ1) is 10.9. The summed E-state index contributed by atoms with van der Waals surface area (Å²) in [6.07, 6.45) is 3.52. The lowest BCUT2D eigenvalue weighted by Crippen LogP contribution is -2.33. The van der Waals surface area contributed by atoms with Gasteiger partial charge in [0, 0.05) is 12.4 Å². The molecule has 0 amide bonds. The van der Waals surface area contributed by atoms with Gasteiger partial charge in [-0.2, -0.15) is 0 Å². The van der Waals surface area contributed by atoms with Gasteiger partial charge in [0.25, 0.3) is 0 Å². The maximum absolute atomic E-state index is 11.0. The molecule has 4 nitrogen and oxygen atoms in total. The van der Waals surface area contributed by atoms with E-state index in [-0.39, 0.29) is 0 Å². The van der Waals surface area contributed by atoms with Crippen LogP contribution in [0.2, 0.25) is 5.02 Å². The molecule has 0 bridgehead atoms. The van der Waals surface area contributed by atoms with Crippen molar-refractivity contribution in [1.29, 1.82) is 0 Å². The number of methoxy groups -OCH3 is 1. The Hall–Kier alpha value is -1.13. The van der Waals surface area contributed by atoms with Crippen LogP contribution in [0.4, 0.5) is 0 Å². The van der Waals surface area contributed by atoms with Crippen molar-refractivity contribution in [3.8, 4) is 0 Å². The summed E-state index contributed by atoms with van der Waals surface area (Å²) in [5, 5.41) is 0.527. The predicted octanol–water partition coefficient (Wildman–Crippen LogP) is 0.778. The number of hydrogen-bond donors (Lipinski definition) is 1. The molecule has 76 valence electrons. The Morgan fingerprint density at radius 1 is 1.71 bits per heavy atom. The molecule has 5 heteroatoms. The number of rotatable bonds is 3. The molecular formula is C9H11ClN2O2. The quantitative estimate of drug-likeness (QED) is 0.756. The second kappa shape index (κ2) is 4.93. The topological polar surface area (TPSA) is 65.2 Å². The average molecular weight is 215 g/mol. The van der Waals surface area contributed by atoms with Crippen molar-refractivity contribution in [2.45, 2.75) is 12.5 Å². The highest BCUT2D eigenvalue weighted by molar-refractivity contribution is 6.30. The molecule has 0 aromatic carbocycles. The van der Waals surface area contributed by atoms with Crippen LogP contribution in [0, 0.1) is 0 Å². The Morgan fingerprint density at radius 3 is 3.00 bits per heavy atom. The van der Waals surface area contributed by atoms with Crippen LogP contribution in [0.1, 0.15) is 5.56 Å². The van der Waals surface area contributed by atoms with Gasteiger partial charge in [-0.25, -0.2) is 0 Å². The van der Waals surface area contributed by atoms with Gasteiger partial charge in [-0.05, 0) is 18.1 Å². The summed E-state index contributed by atoms with van der Waals surface area (Å²) in [7, 11) is 1.30. The molecule has 0 saturated heterocycles. The van der Waals surface area contributed by atoms with Crippen LogP contribution in [-0.2, 0) is 16.0 Å². The molecular weight excluding hydrogens is 204 g/mol. The maximum Gasteiger partial charge on any atom is 0.322 e. The minimum Gasteiger partial charge on any atom is -0.468 e. The van der Waals surface area contributed by atoms with Crippen molar-refractivity contribution in [3.05, 3.63) is 29.0 Å². The molecule has 0 saturated carbocycles. The fraction of sp³-hybridized carbons (Fsp3) is 0.333. The number of ether oxygens (including phenoxy) is 1. The van der Waals surface area contributed by atoms with E-state index in [4.69, 9.17) is 17.3 Å². The summed E-state index contributed by atoms with van der Waals surface area (Å²) in [5.41, 5.74) is 6.38. The van der Waals surface area contributed by atoms with E-state index in [1.54, 1.807) is 12.3 Å². The third-order valence-electron chi connectivity index (χ3n) is 1.72. The molecule has 0 fully saturated rings. The third-order valence-corrected chi connectivity index (χ3v) is 1.93. The van der Waals surface area contributed by atoms with Gasteiger partial charge in [-0.15, -0.1) is 0 Å². The van der Waals surface area contributed by atoms with Gasteiger partial charge in [0.2, 0.25) is 0 Å². The number of halogens is 1. The van der Waals surface area contributed by atoms with E-state index >= 15 is 0 Å². The molecule has 1 heterocycles. The SMILES string of the molecule is COC(=O)C(N)Cc1cncc(Cl)c1. The van der Waals surface area contributed by atoms with Crippen LogP contribution in [-0.4, -0.2) is 24.1 Å². The number of aromatic nitrogens is 1. The lowest BCUT2D eigenvalue weighted by atomic mass is 10.1. The zero-order chi connectivity index (χ0) is 10.6. The Labute approximate surface area is 87.0 Å². The van der Waals surface area contributed by atoms with E-state index in [9.17, 15) is 4.79 Å². The van der Waals surface area contributed by atoms with E-state index in [2.05, 4.69) is 9.72 Å². The molecule has 1 aromatic heterocycles. The number of hydrogen-bond acceptors (Lipinski definition) is 4. The lowest BCUT2D eigenvalue weighted by molar-refractivity contribution is -0.142. The fourth-order valence-corrected chi connectivity index (χ4v) is 1.25. The first-order valence-corrected chi connectivity index (χ1v) is 4.44. The summed E-state index contributed by atoms with van der Waals surface area (Å²) in [5.74, 6) is -0.440. The summed E-state index contributed by atoms with van der Waals surface area (Å²) in [6.45, 7) is 0. The summed E-state index contributed by atoms with van der Waals surface area (Å²) in [6, 6.07) is 1.05. The number of nitrogens with zero attached hydrogens (tertiary/aromatic N) is 1. The monoisotopic (exact) mass is 214 g/mol. The maximum atomic E-state index is 11.0. The van der Waals surface area contributed by atoms with E-state index in [0.29, 0.717) is 11.4 Å². The first-order valence-electron chi connectivity index (χ1n) is 4.06. The number of esters is 1. The van der Waals surface area contributed by atoms with Gasteiger partial charge in [-0.3, -0.25) is 9.78 Å². The number of nitrogens with two attached hydrogens (primary N) is 1. The van der Waals surface area contributed by atoms with Crippen LogP contribution in [0.3, 0.4) is 0 Å². The van der Waals surface area contributed by atoms with Gasteiger partial charge in [0.05, 0.1) is 12.1 Å². The summed E-state index contributed by atoms with van der Waals surface area (Å²) in [4.78, 5) is 14.9. The van der Waals surface area contributed by atoms with Gasteiger partial charge in [-0.1, -0.05) is 11.6 Å². The minimum atomic E-state index is -0.666. The Balaban J connectivity index is 2.64. The van der Waals surface area contributed by atoms with Crippen LogP contribution in [0.15, 0.2) is 18.5 Å². The van der Waals surface area contributed by atoms with Crippen molar-refractivity contribution in [2.24, 2.45) is 5.73 Å². The van der Waals surface area contributed by atoms with Gasteiger partial charge < -0.3 is 10.5 Å². The number of carbonyl (C=O) groups excluding carboxylic acids is 1. The highest BCUT2D eigenvalue weighted by atomic mass is 35.5. The molecule has 1 unspecified atom stereocenters. The first-order chi connectivity index (χ1) is 6.63. The zero-order valence-corrected chi connectivity index (χ0v) is 8.49. The van der Waals surface area contributed by atoms with Crippen LogP contribution in [0.5, 0.6) is 0 Å². The van der Waals surface area contributed by atoms with E-state index in [0.717, 1.165) is 5.56 Å². The standard InChI is InChI=1S/C9H11ClN2O2/c1-14-9(13)8(11)3-6-2-7(10)5-12-4-6/h2,4-5,8H,3,11H2,1H3. The van der Waals surface area contributed by atoms with Gasteiger partial charge in [0.1, 0.15) is 6.04 Å². The molecule has 0 radical (unpaired) electrons. The smallest absolute Gasteiger partial charge is 0.322 e. The van der Waals surface area contributed by atoms with Crippen LogP contribution < -0.4 is 5.73 Å². The van der Waals surface area contributed by atoms with Crippen molar-refractivity contribution in [1.82, 2.24) is 4.98 Å². The Bertz CT molecular complexity index is 330. The molecule has 1 rings (SSSR count). The van der Waals surface area contributed by atoms with Crippen molar-refractivity contribution in [3.63, 3.8) is 0 Å². The molecule has 0 spiro atoms. The van der Waals surface area contributed by atoms with Gasteiger partial charge in [0.15, 0.2) is 0 Å². The van der Waals surface area contributed by atoms with Gasteiger partial charge >= 0.3 is 5.97 Å². The molecule has 1 atom stereocenters. The van der Waals surface area contributed by atoms with Crippen molar-refractivity contribution in [2.75, 3.05) is 7.11 Å². The van der Waals surface area contributed by atoms with Crippen LogP contribution >= 0.6 is 11.6 Å². The summed E-state index contributed by atoms with van der Waals surface area (Å²) >= 11 is 5.72. The van der Waals surface area contributed by atoms with Crippen LogP contribution in [0.25, 0.3) is 0 Å². The zero-order valence-electron chi connectivity index (χ0n) is 7.74. The average Bonchev–Trinajstić information content (AvgIpc) is 2.16. The lowest BCUT2D eigenvalue weighted by Gasteiger charge is -2.08. The molecule has 0 aliphatic heterocycles. The molecule has 0 aliphatic rings. The molecule has 2 N–H and O–H groups in total. The molecule has 1 aromatic rings. The normalized spacial score (nSPS) is 12.2. The minimum absolute atomic E-state index is 0.375. The van der Waals surface area contributed by atoms with E-state index < -0.39 is 12.0 Å². The third kappa shape index (κ3) is 2.97. The highest BCUT2D eigenvalue weighted by Crippen LogP contribution is 2.09. The largest absolute Gasteiger partial charge is 0.468 e.